The van der Waals surface area contributed by atoms with Crippen molar-refractivity contribution in [2.45, 2.75) is 13.2 Å². The van der Waals surface area contributed by atoms with Crippen LogP contribution in [0.4, 0.5) is 5.13 Å². The van der Waals surface area contributed by atoms with Crippen molar-refractivity contribution >= 4 is 16.5 Å². The predicted molar refractivity (Wildman–Crippen MR) is 64.1 cm³/mol. The lowest BCUT2D eigenvalue weighted by Crippen LogP contribution is -1.93. The fourth-order valence-electron chi connectivity index (χ4n) is 1.25. The number of aromatic nitrogens is 1. The van der Waals surface area contributed by atoms with E-state index in [0.29, 0.717) is 18.3 Å². The van der Waals surface area contributed by atoms with E-state index in [1.54, 1.807) is 6.20 Å². The highest BCUT2D eigenvalue weighted by Crippen LogP contribution is 2.18. The Morgan fingerprint density at radius 3 is 2.62 bits per heavy atom. The maximum atomic E-state index is 7.19. The van der Waals surface area contributed by atoms with Crippen molar-refractivity contribution in [3.05, 3.63) is 40.9 Å². The normalized spacial score (nSPS) is 10.3. The molecule has 1 radical (unpaired) electrons. The highest BCUT2D eigenvalue weighted by Gasteiger charge is 2.00. The monoisotopic (exact) mass is 234 g/mol. The van der Waals surface area contributed by atoms with Gasteiger partial charge in [-0.15, -0.1) is 0 Å². The fraction of sp³-hybridized carbons (Fsp3) is 0.182. The van der Waals surface area contributed by atoms with Crippen molar-refractivity contribution in [1.29, 1.82) is 0 Å². The first-order valence-corrected chi connectivity index (χ1v) is 5.66. The molecule has 4 nitrogen and oxygen atoms in total. The Morgan fingerprint density at radius 1 is 1.31 bits per heavy atom. The van der Waals surface area contributed by atoms with E-state index in [9.17, 15) is 0 Å². The van der Waals surface area contributed by atoms with Gasteiger partial charge in [-0.25, -0.2) is 4.98 Å². The molecule has 0 bridgehead atoms. The Balaban J connectivity index is 1.94. The molecule has 2 aromatic rings. The highest BCUT2D eigenvalue weighted by atomic mass is 32.1. The summed E-state index contributed by atoms with van der Waals surface area (Å²) in [5.74, 6) is 0.796. The number of benzene rings is 1. The number of hydrogen-bond donors (Lipinski definition) is 1. The highest BCUT2D eigenvalue weighted by molar-refractivity contribution is 7.15. The second kappa shape index (κ2) is 4.96. The van der Waals surface area contributed by atoms with E-state index in [1.807, 2.05) is 24.3 Å². The minimum atomic E-state index is 0.297. The number of nitrogens with one attached hydrogen (secondary N) is 1. The average molecular weight is 234 g/mol. The SMILES string of the molecule is [NH]Cc1ccc(OCc2cnc(N)s2)cc1. The number of thiazole rings is 1. The van der Waals surface area contributed by atoms with Gasteiger partial charge in [0.25, 0.3) is 0 Å². The Kier molecular flexibility index (Phi) is 3.38. The summed E-state index contributed by atoms with van der Waals surface area (Å²) in [4.78, 5) is 4.95. The lowest BCUT2D eigenvalue weighted by Gasteiger charge is -2.04. The summed E-state index contributed by atoms with van der Waals surface area (Å²) in [7, 11) is 0. The van der Waals surface area contributed by atoms with Gasteiger partial charge in [-0.2, -0.15) is 0 Å². The first kappa shape index (κ1) is 10.9. The van der Waals surface area contributed by atoms with Gasteiger partial charge in [0.2, 0.25) is 0 Å². The molecule has 1 aromatic heterocycles. The molecular formula is C11H12N3OS. The zero-order chi connectivity index (χ0) is 11.4. The number of rotatable bonds is 4. The minimum Gasteiger partial charge on any atom is -0.488 e. The molecule has 1 aromatic carbocycles. The van der Waals surface area contributed by atoms with Crippen molar-refractivity contribution < 1.29 is 4.74 Å². The van der Waals surface area contributed by atoms with Gasteiger partial charge in [0, 0.05) is 12.7 Å². The smallest absolute Gasteiger partial charge is 0.180 e. The van der Waals surface area contributed by atoms with Crippen LogP contribution in [0.1, 0.15) is 10.4 Å². The molecule has 0 spiro atoms. The number of nitrogens with two attached hydrogens (primary N) is 1. The van der Waals surface area contributed by atoms with Crippen LogP contribution in [0.3, 0.4) is 0 Å². The number of anilines is 1. The topological polar surface area (TPSA) is 71.9 Å². The van der Waals surface area contributed by atoms with Gasteiger partial charge in [0.05, 0.1) is 4.88 Å². The molecule has 0 aliphatic heterocycles. The molecule has 16 heavy (non-hydrogen) atoms. The summed E-state index contributed by atoms with van der Waals surface area (Å²) in [6.07, 6.45) is 1.72. The number of ether oxygens (including phenoxy) is 1. The number of nitrogen functional groups attached to an aromatic ring is 1. The molecule has 0 unspecified atom stereocenters. The lowest BCUT2D eigenvalue weighted by molar-refractivity contribution is 0.309. The molecular weight excluding hydrogens is 222 g/mol. The Bertz CT molecular complexity index is 453. The maximum Gasteiger partial charge on any atom is 0.180 e. The van der Waals surface area contributed by atoms with Gasteiger partial charge < -0.3 is 10.5 Å². The standard InChI is InChI=1S/C11H12N3OS/c12-5-8-1-3-9(4-2-8)15-7-10-6-14-11(13)16-10/h1-4,6,12H,5,7H2,(H2,13,14). The zero-order valence-electron chi connectivity index (χ0n) is 8.64. The van der Waals surface area contributed by atoms with E-state index in [2.05, 4.69) is 4.98 Å². The second-order valence-electron chi connectivity index (χ2n) is 3.27. The lowest BCUT2D eigenvalue weighted by atomic mass is 10.2. The molecule has 3 N–H and O–H groups in total. The van der Waals surface area contributed by atoms with Gasteiger partial charge in [0.1, 0.15) is 12.4 Å². The van der Waals surface area contributed by atoms with Crippen LogP contribution in [0.25, 0.3) is 0 Å². The molecule has 0 saturated carbocycles. The quantitative estimate of drug-likeness (QED) is 0.880. The van der Waals surface area contributed by atoms with Gasteiger partial charge >= 0.3 is 0 Å². The molecule has 0 saturated heterocycles. The fourth-order valence-corrected chi connectivity index (χ4v) is 1.84. The van der Waals surface area contributed by atoms with Crippen LogP contribution in [0.5, 0.6) is 5.75 Å². The molecule has 0 amide bonds. The molecule has 1 heterocycles. The van der Waals surface area contributed by atoms with E-state index in [4.69, 9.17) is 16.2 Å². The predicted octanol–water partition coefficient (Wildman–Crippen LogP) is 2.09. The molecule has 0 aliphatic rings. The molecule has 5 heteroatoms. The molecule has 0 atom stereocenters. The van der Waals surface area contributed by atoms with Crippen molar-refractivity contribution in [1.82, 2.24) is 10.7 Å². The van der Waals surface area contributed by atoms with Crippen LogP contribution in [-0.2, 0) is 13.2 Å². The largest absolute Gasteiger partial charge is 0.488 e. The van der Waals surface area contributed by atoms with Crippen molar-refractivity contribution in [3.8, 4) is 5.75 Å². The van der Waals surface area contributed by atoms with E-state index < -0.39 is 0 Å². The first-order chi connectivity index (χ1) is 7.78. The minimum absolute atomic E-state index is 0.297. The second-order valence-corrected chi connectivity index (χ2v) is 4.42. The van der Waals surface area contributed by atoms with Crippen LogP contribution >= 0.6 is 11.3 Å². The third kappa shape index (κ3) is 2.71. The Morgan fingerprint density at radius 2 is 2.06 bits per heavy atom. The van der Waals surface area contributed by atoms with Crippen LogP contribution < -0.4 is 16.2 Å². The summed E-state index contributed by atoms with van der Waals surface area (Å²) in [5.41, 5.74) is 13.7. The van der Waals surface area contributed by atoms with Gasteiger partial charge in [-0.1, -0.05) is 23.5 Å². The van der Waals surface area contributed by atoms with Crippen LogP contribution in [0.15, 0.2) is 30.5 Å². The Labute approximate surface area is 97.9 Å². The maximum absolute atomic E-state index is 7.19. The third-order valence-electron chi connectivity index (χ3n) is 2.08. The van der Waals surface area contributed by atoms with Gasteiger partial charge in [-0.05, 0) is 17.7 Å². The summed E-state index contributed by atoms with van der Waals surface area (Å²) in [5, 5.41) is 0.558. The van der Waals surface area contributed by atoms with Gasteiger partial charge in [-0.3, -0.25) is 5.73 Å². The summed E-state index contributed by atoms with van der Waals surface area (Å²) in [6, 6.07) is 7.52. The van der Waals surface area contributed by atoms with E-state index in [1.165, 1.54) is 11.3 Å². The number of nitrogens with zero attached hydrogens (tertiary/aromatic N) is 1. The summed E-state index contributed by atoms with van der Waals surface area (Å²) < 4.78 is 5.56. The van der Waals surface area contributed by atoms with Crippen molar-refractivity contribution in [2.75, 3.05) is 5.73 Å². The third-order valence-corrected chi connectivity index (χ3v) is 2.88. The van der Waals surface area contributed by atoms with Crippen molar-refractivity contribution in [2.24, 2.45) is 0 Å². The zero-order valence-corrected chi connectivity index (χ0v) is 9.46. The van der Waals surface area contributed by atoms with Crippen LogP contribution in [0.2, 0.25) is 0 Å². The summed E-state index contributed by atoms with van der Waals surface area (Å²) >= 11 is 1.43. The Hall–Kier alpha value is -1.59. The first-order valence-electron chi connectivity index (χ1n) is 4.84. The molecule has 0 aliphatic carbocycles. The van der Waals surface area contributed by atoms with Crippen molar-refractivity contribution in [3.63, 3.8) is 0 Å². The molecule has 83 valence electrons. The van der Waals surface area contributed by atoms with Gasteiger partial charge in [0.15, 0.2) is 5.13 Å². The number of hydrogen-bond acceptors (Lipinski definition) is 4. The van der Waals surface area contributed by atoms with E-state index in [0.717, 1.165) is 16.2 Å². The molecule has 2 rings (SSSR count). The average Bonchev–Trinajstić information content (AvgIpc) is 2.73. The summed E-state index contributed by atoms with van der Waals surface area (Å²) in [6.45, 7) is 0.779. The molecule has 0 fully saturated rings. The van der Waals surface area contributed by atoms with Crippen LogP contribution in [0, 0.1) is 0 Å². The van der Waals surface area contributed by atoms with Crippen LogP contribution in [-0.4, -0.2) is 4.98 Å². The van der Waals surface area contributed by atoms with E-state index >= 15 is 0 Å². The van der Waals surface area contributed by atoms with E-state index in [-0.39, 0.29) is 0 Å².